The van der Waals surface area contributed by atoms with Gasteiger partial charge in [0.1, 0.15) is 5.58 Å². The van der Waals surface area contributed by atoms with Gasteiger partial charge in [0.15, 0.2) is 5.76 Å². The molecule has 1 fully saturated rings. The molecule has 1 aliphatic rings. The van der Waals surface area contributed by atoms with Crippen molar-refractivity contribution in [3.63, 3.8) is 0 Å². The predicted octanol–water partition coefficient (Wildman–Crippen LogP) is 4.18. The summed E-state index contributed by atoms with van der Waals surface area (Å²) in [4.78, 5) is 15.8. The zero-order chi connectivity index (χ0) is 14.6. The van der Waals surface area contributed by atoms with Crippen molar-refractivity contribution in [1.29, 1.82) is 0 Å². The van der Waals surface area contributed by atoms with Crippen LogP contribution in [0.15, 0.2) is 35.1 Å². The molecule has 0 aliphatic heterocycles. The Morgan fingerprint density at radius 3 is 2.95 bits per heavy atom. The van der Waals surface area contributed by atoms with Crippen LogP contribution in [0.3, 0.4) is 0 Å². The number of furan rings is 1. The number of benzene rings is 1. The Balaban J connectivity index is 1.92. The Bertz CT molecular complexity index is 858. The number of halogens is 1. The van der Waals surface area contributed by atoms with Crippen molar-refractivity contribution < 1.29 is 9.21 Å². The predicted molar refractivity (Wildman–Crippen MR) is 80.2 cm³/mol. The van der Waals surface area contributed by atoms with Gasteiger partial charge in [-0.1, -0.05) is 6.07 Å². The number of fused-ring (bicyclic) bond motifs is 1. The van der Waals surface area contributed by atoms with E-state index in [1.54, 1.807) is 6.07 Å². The van der Waals surface area contributed by atoms with Crippen LogP contribution in [0.1, 0.15) is 40.6 Å². The number of hydrogen-bond acceptors (Lipinski definition) is 3. The number of rotatable bonds is 3. The van der Waals surface area contributed by atoms with Crippen molar-refractivity contribution >= 4 is 27.8 Å². The maximum atomic E-state index is 11.3. The number of hydrogen-bond donors (Lipinski definition) is 0. The van der Waals surface area contributed by atoms with Gasteiger partial charge < -0.3 is 8.98 Å². The molecule has 4 nitrogen and oxygen atoms in total. The number of nitrogens with zero attached hydrogens (tertiary/aromatic N) is 2. The lowest BCUT2D eigenvalue weighted by Crippen LogP contribution is -1.94. The smallest absolute Gasteiger partial charge is 0.287 e. The van der Waals surface area contributed by atoms with Gasteiger partial charge in [-0.05, 0) is 49.1 Å². The van der Waals surface area contributed by atoms with Crippen molar-refractivity contribution in [2.75, 3.05) is 0 Å². The summed E-state index contributed by atoms with van der Waals surface area (Å²) in [5.74, 6) is 0.774. The van der Waals surface area contributed by atoms with Gasteiger partial charge in [0.05, 0.1) is 17.7 Å². The number of aryl methyl sites for hydroxylation is 1. The fourth-order valence-electron chi connectivity index (χ4n) is 2.70. The van der Waals surface area contributed by atoms with Crippen molar-refractivity contribution in [3.05, 3.63) is 47.7 Å². The van der Waals surface area contributed by atoms with E-state index in [0.717, 1.165) is 22.3 Å². The molecule has 2 aromatic heterocycles. The number of imidazole rings is 1. The molecular formula is C16H13ClN2O2. The maximum Gasteiger partial charge on any atom is 0.287 e. The molecule has 2 heterocycles. The van der Waals surface area contributed by atoms with Crippen LogP contribution in [0.2, 0.25) is 0 Å². The Kier molecular flexibility index (Phi) is 2.69. The van der Waals surface area contributed by atoms with Crippen molar-refractivity contribution in [2.45, 2.75) is 25.7 Å². The molecule has 0 unspecified atom stereocenters. The van der Waals surface area contributed by atoms with Crippen molar-refractivity contribution in [1.82, 2.24) is 9.55 Å². The van der Waals surface area contributed by atoms with E-state index in [2.05, 4.69) is 11.2 Å². The summed E-state index contributed by atoms with van der Waals surface area (Å²) in [6.07, 6.45) is 6.33. The molecule has 0 bridgehead atoms. The largest absolute Gasteiger partial charge is 0.452 e. The summed E-state index contributed by atoms with van der Waals surface area (Å²) in [5.41, 5.74) is 3.86. The van der Waals surface area contributed by atoms with Gasteiger partial charge >= 0.3 is 0 Å². The third-order valence-electron chi connectivity index (χ3n) is 3.92. The first kappa shape index (κ1) is 12.7. The molecule has 0 saturated heterocycles. The molecule has 1 aromatic carbocycles. The highest BCUT2D eigenvalue weighted by Gasteiger charge is 2.26. The minimum Gasteiger partial charge on any atom is -0.452 e. The van der Waals surface area contributed by atoms with Gasteiger partial charge in [-0.15, -0.1) is 0 Å². The molecule has 0 amide bonds. The Morgan fingerprint density at radius 1 is 1.43 bits per heavy atom. The van der Waals surface area contributed by atoms with Gasteiger partial charge in [-0.2, -0.15) is 0 Å². The van der Waals surface area contributed by atoms with E-state index < -0.39 is 5.24 Å². The monoisotopic (exact) mass is 300 g/mol. The molecule has 3 aromatic rings. The fourth-order valence-corrected chi connectivity index (χ4v) is 2.79. The molecule has 5 heteroatoms. The third-order valence-corrected chi connectivity index (χ3v) is 4.11. The summed E-state index contributed by atoms with van der Waals surface area (Å²) in [5, 5.41) is 0.290. The first-order valence-corrected chi connectivity index (χ1v) is 7.28. The number of carbonyl (C=O) groups is 1. The van der Waals surface area contributed by atoms with Gasteiger partial charge in [0.25, 0.3) is 5.24 Å². The van der Waals surface area contributed by atoms with Gasteiger partial charge in [-0.3, -0.25) is 4.79 Å². The molecule has 0 atom stereocenters. The second kappa shape index (κ2) is 4.46. The van der Waals surface area contributed by atoms with Crippen LogP contribution in [-0.2, 0) is 0 Å². The van der Waals surface area contributed by atoms with E-state index in [-0.39, 0.29) is 5.76 Å². The average molecular weight is 301 g/mol. The third kappa shape index (κ3) is 2.07. The second-order valence-electron chi connectivity index (χ2n) is 5.51. The van der Waals surface area contributed by atoms with Crippen LogP contribution in [0, 0.1) is 6.92 Å². The second-order valence-corrected chi connectivity index (χ2v) is 5.85. The lowest BCUT2D eigenvalue weighted by Gasteiger charge is -2.07. The van der Waals surface area contributed by atoms with E-state index in [4.69, 9.17) is 16.0 Å². The molecular weight excluding hydrogens is 288 g/mol. The molecule has 21 heavy (non-hydrogen) atoms. The number of carbonyl (C=O) groups excluding carboxylic acids is 1. The first-order chi connectivity index (χ1) is 10.1. The standard InChI is InChI=1S/C16H13ClN2O2/c1-9-2-5-13-11(6-14(21-13)16(17)20)15(9)19-7-12(18-8-19)10-3-4-10/h2,5-8,10H,3-4H2,1H3. The van der Waals surface area contributed by atoms with Crippen molar-refractivity contribution in [3.8, 4) is 5.69 Å². The van der Waals surface area contributed by atoms with Crippen LogP contribution in [0.4, 0.5) is 0 Å². The Hall–Kier alpha value is -2.07. The van der Waals surface area contributed by atoms with E-state index in [0.29, 0.717) is 11.5 Å². The van der Waals surface area contributed by atoms with Crippen LogP contribution in [0.5, 0.6) is 0 Å². The van der Waals surface area contributed by atoms with Crippen molar-refractivity contribution in [2.24, 2.45) is 0 Å². The summed E-state index contributed by atoms with van der Waals surface area (Å²) in [7, 11) is 0. The summed E-state index contributed by atoms with van der Waals surface area (Å²) >= 11 is 5.51. The SMILES string of the molecule is Cc1ccc2oc(C(=O)Cl)cc2c1-n1cnc(C2CC2)c1. The minimum absolute atomic E-state index is 0.168. The van der Waals surface area contributed by atoms with Gasteiger partial charge in [-0.25, -0.2) is 4.98 Å². The highest BCUT2D eigenvalue weighted by atomic mass is 35.5. The van der Waals surface area contributed by atoms with Crippen LogP contribution in [0.25, 0.3) is 16.7 Å². The molecule has 106 valence electrons. The molecule has 0 spiro atoms. The highest BCUT2D eigenvalue weighted by Crippen LogP contribution is 2.39. The maximum absolute atomic E-state index is 11.3. The first-order valence-electron chi connectivity index (χ1n) is 6.91. The van der Waals surface area contributed by atoms with Crippen LogP contribution >= 0.6 is 11.6 Å². The molecule has 4 rings (SSSR count). The van der Waals surface area contributed by atoms with Gasteiger partial charge in [0.2, 0.25) is 0 Å². The molecule has 0 N–H and O–H groups in total. The topological polar surface area (TPSA) is 48.0 Å². The summed E-state index contributed by atoms with van der Waals surface area (Å²) in [6.45, 7) is 2.03. The zero-order valence-corrected chi connectivity index (χ0v) is 12.2. The van der Waals surface area contributed by atoms with E-state index in [9.17, 15) is 4.79 Å². The van der Waals surface area contributed by atoms with E-state index >= 15 is 0 Å². The quantitative estimate of drug-likeness (QED) is 0.682. The summed E-state index contributed by atoms with van der Waals surface area (Å²) in [6, 6.07) is 5.53. The average Bonchev–Trinajstić information content (AvgIpc) is 3.03. The Labute approximate surface area is 126 Å². The van der Waals surface area contributed by atoms with E-state index in [1.165, 1.54) is 12.8 Å². The lowest BCUT2D eigenvalue weighted by atomic mass is 10.1. The normalized spacial score (nSPS) is 14.8. The molecule has 1 aliphatic carbocycles. The van der Waals surface area contributed by atoms with E-state index in [1.807, 2.05) is 30.0 Å². The molecule has 0 radical (unpaired) electrons. The zero-order valence-electron chi connectivity index (χ0n) is 11.5. The highest BCUT2D eigenvalue weighted by molar-refractivity contribution is 6.67. The fraction of sp³-hybridized carbons (Fsp3) is 0.250. The van der Waals surface area contributed by atoms with Gasteiger partial charge in [0, 0.05) is 17.5 Å². The molecule has 1 saturated carbocycles. The van der Waals surface area contributed by atoms with Crippen LogP contribution in [-0.4, -0.2) is 14.8 Å². The summed E-state index contributed by atoms with van der Waals surface area (Å²) < 4.78 is 7.50. The lowest BCUT2D eigenvalue weighted by molar-refractivity contribution is 0.105. The minimum atomic E-state index is -0.584. The Morgan fingerprint density at radius 2 is 2.24 bits per heavy atom. The van der Waals surface area contributed by atoms with Crippen LogP contribution < -0.4 is 0 Å². The number of aromatic nitrogens is 2.